The molecule has 2 aromatic rings. The van der Waals surface area contributed by atoms with Crippen molar-refractivity contribution in [2.75, 3.05) is 7.11 Å². The molecule has 1 N–H and O–H groups in total. The minimum atomic E-state index is -3.57. The van der Waals surface area contributed by atoms with Crippen molar-refractivity contribution in [2.45, 2.75) is 31.2 Å². The number of hydrogen-bond donors (Lipinski definition) is 1. The van der Waals surface area contributed by atoms with Crippen molar-refractivity contribution in [2.24, 2.45) is 0 Å². The van der Waals surface area contributed by atoms with E-state index in [0.717, 1.165) is 5.56 Å². The van der Waals surface area contributed by atoms with Crippen LogP contribution in [-0.2, 0) is 16.6 Å². The van der Waals surface area contributed by atoms with Gasteiger partial charge in [-0.25, -0.2) is 13.1 Å². The molecule has 2 aromatic carbocycles. The lowest BCUT2D eigenvalue weighted by atomic mass is 10.0. The number of ether oxygens (including phenoxy) is 1. The summed E-state index contributed by atoms with van der Waals surface area (Å²) in [5, 5.41) is 0. The Bertz CT molecular complexity index is 771. The first-order valence-corrected chi connectivity index (χ1v) is 9.53. The molecule has 0 atom stereocenters. The van der Waals surface area contributed by atoms with Crippen LogP contribution in [0.2, 0.25) is 0 Å². The maximum absolute atomic E-state index is 12.4. The lowest BCUT2D eigenvalue weighted by molar-refractivity contribution is 0.411. The van der Waals surface area contributed by atoms with Gasteiger partial charge >= 0.3 is 0 Å². The lowest BCUT2D eigenvalue weighted by Crippen LogP contribution is -2.23. The van der Waals surface area contributed by atoms with Crippen molar-refractivity contribution in [1.82, 2.24) is 4.72 Å². The van der Waals surface area contributed by atoms with E-state index in [0.29, 0.717) is 16.1 Å². The van der Waals surface area contributed by atoms with E-state index >= 15 is 0 Å². The topological polar surface area (TPSA) is 55.4 Å². The highest BCUT2D eigenvalue weighted by molar-refractivity contribution is 9.10. The van der Waals surface area contributed by atoms with Gasteiger partial charge in [0.1, 0.15) is 5.75 Å². The lowest BCUT2D eigenvalue weighted by Gasteiger charge is -2.10. The third-order valence-corrected chi connectivity index (χ3v) is 5.56. The zero-order valence-corrected chi connectivity index (χ0v) is 15.7. The standard InChI is InChI=1S/C17H20BrNO3S/c1-12(2)14-6-4-13(5-7-14)11-19-23(20,21)15-8-9-17(22-3)16(18)10-15/h4-10,12,19H,11H2,1-3H3. The highest BCUT2D eigenvalue weighted by Gasteiger charge is 2.15. The second-order valence-corrected chi connectivity index (χ2v) is 8.14. The van der Waals surface area contributed by atoms with E-state index in [4.69, 9.17) is 4.74 Å². The molecule has 0 saturated carbocycles. The first-order chi connectivity index (χ1) is 10.8. The van der Waals surface area contributed by atoms with Crippen LogP contribution in [0, 0.1) is 0 Å². The molecule has 0 bridgehead atoms. The monoisotopic (exact) mass is 397 g/mol. The van der Waals surface area contributed by atoms with Crippen LogP contribution in [0.4, 0.5) is 0 Å². The van der Waals surface area contributed by atoms with Crippen LogP contribution in [0.25, 0.3) is 0 Å². The summed E-state index contributed by atoms with van der Waals surface area (Å²) < 4.78 is 33.0. The molecular weight excluding hydrogens is 378 g/mol. The van der Waals surface area contributed by atoms with Crippen molar-refractivity contribution in [3.05, 3.63) is 58.1 Å². The molecule has 0 saturated heterocycles. The van der Waals surface area contributed by atoms with E-state index in [1.807, 2.05) is 24.3 Å². The first kappa shape index (κ1) is 18.0. The maximum Gasteiger partial charge on any atom is 0.240 e. The van der Waals surface area contributed by atoms with Crippen molar-refractivity contribution in [3.8, 4) is 5.75 Å². The highest BCUT2D eigenvalue weighted by Crippen LogP contribution is 2.27. The summed E-state index contributed by atoms with van der Waals surface area (Å²) in [5.74, 6) is 1.05. The van der Waals surface area contributed by atoms with Gasteiger partial charge in [-0.2, -0.15) is 0 Å². The Labute approximate surface area is 146 Å². The van der Waals surface area contributed by atoms with Crippen LogP contribution in [-0.4, -0.2) is 15.5 Å². The molecule has 23 heavy (non-hydrogen) atoms. The Morgan fingerprint density at radius 3 is 2.30 bits per heavy atom. The Kier molecular flexibility index (Phi) is 5.84. The van der Waals surface area contributed by atoms with Crippen molar-refractivity contribution in [3.63, 3.8) is 0 Å². The molecule has 0 aliphatic rings. The fourth-order valence-electron chi connectivity index (χ4n) is 2.10. The van der Waals surface area contributed by atoms with Crippen molar-refractivity contribution >= 4 is 26.0 Å². The van der Waals surface area contributed by atoms with Crippen LogP contribution in [0.5, 0.6) is 5.75 Å². The quantitative estimate of drug-likeness (QED) is 0.799. The number of methoxy groups -OCH3 is 1. The van der Waals surface area contributed by atoms with Gasteiger partial charge in [-0.1, -0.05) is 38.1 Å². The zero-order chi connectivity index (χ0) is 17.0. The number of hydrogen-bond acceptors (Lipinski definition) is 3. The minimum Gasteiger partial charge on any atom is -0.496 e. The molecule has 0 heterocycles. The van der Waals surface area contributed by atoms with Gasteiger partial charge in [0.15, 0.2) is 0 Å². The fraction of sp³-hybridized carbons (Fsp3) is 0.294. The third-order valence-electron chi connectivity index (χ3n) is 3.55. The van der Waals surface area contributed by atoms with Gasteiger partial charge in [0.05, 0.1) is 16.5 Å². The number of nitrogens with one attached hydrogen (secondary N) is 1. The Morgan fingerprint density at radius 2 is 1.78 bits per heavy atom. The molecule has 2 rings (SSSR count). The predicted octanol–water partition coefficient (Wildman–Crippen LogP) is 4.06. The largest absolute Gasteiger partial charge is 0.496 e. The Balaban J connectivity index is 2.10. The average Bonchev–Trinajstić information content (AvgIpc) is 2.53. The van der Waals surface area contributed by atoms with Gasteiger partial charge in [0.25, 0.3) is 0 Å². The van der Waals surface area contributed by atoms with Crippen LogP contribution in [0.15, 0.2) is 51.8 Å². The number of rotatable bonds is 6. The second-order valence-electron chi connectivity index (χ2n) is 5.52. The maximum atomic E-state index is 12.4. The number of benzene rings is 2. The van der Waals surface area contributed by atoms with Crippen LogP contribution in [0.1, 0.15) is 30.9 Å². The van der Waals surface area contributed by atoms with E-state index in [-0.39, 0.29) is 11.4 Å². The molecule has 0 radical (unpaired) electrons. The molecule has 0 aromatic heterocycles. The molecule has 4 nitrogen and oxygen atoms in total. The normalized spacial score (nSPS) is 11.7. The number of halogens is 1. The summed E-state index contributed by atoms with van der Waals surface area (Å²) in [4.78, 5) is 0.198. The van der Waals surface area contributed by atoms with Gasteiger partial charge < -0.3 is 4.74 Å². The minimum absolute atomic E-state index is 0.198. The summed E-state index contributed by atoms with van der Waals surface area (Å²) in [6.45, 7) is 4.50. The van der Waals surface area contributed by atoms with E-state index in [2.05, 4.69) is 34.5 Å². The average molecular weight is 398 g/mol. The molecule has 124 valence electrons. The first-order valence-electron chi connectivity index (χ1n) is 7.25. The van der Waals surface area contributed by atoms with Gasteiger partial charge in [-0.15, -0.1) is 0 Å². The van der Waals surface area contributed by atoms with Crippen molar-refractivity contribution < 1.29 is 13.2 Å². The fourth-order valence-corrected chi connectivity index (χ4v) is 3.83. The van der Waals surface area contributed by atoms with Gasteiger partial charge in [0, 0.05) is 6.54 Å². The SMILES string of the molecule is COc1ccc(S(=O)(=O)NCc2ccc(C(C)C)cc2)cc1Br. The molecule has 0 aliphatic heterocycles. The Morgan fingerprint density at radius 1 is 1.13 bits per heavy atom. The molecule has 0 aliphatic carbocycles. The molecule has 6 heteroatoms. The van der Waals surface area contributed by atoms with Crippen LogP contribution >= 0.6 is 15.9 Å². The van der Waals surface area contributed by atoms with Gasteiger partial charge in [-0.05, 0) is 51.2 Å². The van der Waals surface area contributed by atoms with Crippen LogP contribution < -0.4 is 9.46 Å². The Hall–Kier alpha value is -1.37. The zero-order valence-electron chi connectivity index (χ0n) is 13.3. The van der Waals surface area contributed by atoms with Crippen LogP contribution in [0.3, 0.4) is 0 Å². The molecule has 0 amide bonds. The van der Waals surface area contributed by atoms with E-state index in [1.54, 1.807) is 6.07 Å². The van der Waals surface area contributed by atoms with E-state index < -0.39 is 10.0 Å². The predicted molar refractivity (Wildman–Crippen MR) is 95.3 cm³/mol. The van der Waals surface area contributed by atoms with Gasteiger partial charge in [0.2, 0.25) is 10.0 Å². The summed E-state index contributed by atoms with van der Waals surface area (Å²) in [6, 6.07) is 12.6. The van der Waals surface area contributed by atoms with Gasteiger partial charge in [-0.3, -0.25) is 0 Å². The summed E-state index contributed by atoms with van der Waals surface area (Å²) in [7, 11) is -2.03. The highest BCUT2D eigenvalue weighted by atomic mass is 79.9. The molecular formula is C17H20BrNO3S. The second kappa shape index (κ2) is 7.47. The smallest absolute Gasteiger partial charge is 0.240 e. The number of sulfonamides is 1. The van der Waals surface area contributed by atoms with Crippen molar-refractivity contribution in [1.29, 1.82) is 0 Å². The summed E-state index contributed by atoms with van der Waals surface area (Å²) in [5.41, 5.74) is 2.15. The molecule has 0 fully saturated rings. The van der Waals surface area contributed by atoms with E-state index in [9.17, 15) is 8.42 Å². The molecule has 0 spiro atoms. The molecule has 0 unspecified atom stereocenters. The summed E-state index contributed by atoms with van der Waals surface area (Å²) in [6.07, 6.45) is 0. The third kappa shape index (κ3) is 4.56. The summed E-state index contributed by atoms with van der Waals surface area (Å²) >= 11 is 3.30. The van der Waals surface area contributed by atoms with E-state index in [1.165, 1.54) is 24.8 Å².